The van der Waals surface area contributed by atoms with Crippen molar-refractivity contribution in [3.8, 4) is 0 Å². The van der Waals surface area contributed by atoms with E-state index in [1.54, 1.807) is 0 Å². The maximum Gasteiger partial charge on any atom is 0.0434 e. The predicted molar refractivity (Wildman–Crippen MR) is 73.2 cm³/mol. The maximum atomic E-state index is 4.68. The molecule has 2 rings (SSSR count). The Kier molecular flexibility index (Phi) is 3.86. The first kappa shape index (κ1) is 12.6. The topological polar surface area (TPSA) is 12.9 Å². The number of hydrogen-bond acceptors (Lipinski definition) is 1. The van der Waals surface area contributed by atoms with Gasteiger partial charge in [0.15, 0.2) is 0 Å². The van der Waals surface area contributed by atoms with Crippen molar-refractivity contribution < 1.29 is 0 Å². The molecule has 0 spiro atoms. The highest BCUT2D eigenvalue weighted by Gasteiger charge is 2.19. The Labute approximate surface area is 106 Å². The molecular formula is C16H25N. The lowest BCUT2D eigenvalue weighted by Crippen LogP contribution is -2.13. The van der Waals surface area contributed by atoms with Gasteiger partial charge in [-0.15, -0.1) is 0 Å². The molecule has 0 N–H and O–H groups in total. The summed E-state index contributed by atoms with van der Waals surface area (Å²) in [5.74, 6) is 0.739. The van der Waals surface area contributed by atoms with Crippen molar-refractivity contribution in [1.82, 2.24) is 4.98 Å². The summed E-state index contributed by atoms with van der Waals surface area (Å²) in [6.07, 6.45) is 9.91. The van der Waals surface area contributed by atoms with Crippen LogP contribution in [0.2, 0.25) is 0 Å². The standard InChI is InChI=1S/C16H25N/c1-4-16(2,3)11-13-9-10-15(17-12-13)14-7-5-6-8-14/h9-10,12,14H,4-8,11H2,1-3H3. The van der Waals surface area contributed by atoms with Crippen LogP contribution in [0.4, 0.5) is 0 Å². The van der Waals surface area contributed by atoms with Crippen molar-refractivity contribution in [3.05, 3.63) is 29.6 Å². The summed E-state index contributed by atoms with van der Waals surface area (Å²) in [7, 11) is 0. The summed E-state index contributed by atoms with van der Waals surface area (Å²) in [5, 5.41) is 0. The molecular weight excluding hydrogens is 206 g/mol. The molecule has 1 aliphatic carbocycles. The lowest BCUT2D eigenvalue weighted by molar-refractivity contribution is 0.349. The van der Waals surface area contributed by atoms with Crippen molar-refractivity contribution >= 4 is 0 Å². The third-order valence-electron chi connectivity index (χ3n) is 4.26. The SMILES string of the molecule is CCC(C)(C)Cc1ccc(C2CCCC2)nc1. The predicted octanol–water partition coefficient (Wildman–Crippen LogP) is 4.72. The van der Waals surface area contributed by atoms with E-state index in [4.69, 9.17) is 0 Å². The van der Waals surface area contributed by atoms with E-state index >= 15 is 0 Å². The van der Waals surface area contributed by atoms with E-state index < -0.39 is 0 Å². The van der Waals surface area contributed by atoms with Crippen LogP contribution in [-0.2, 0) is 6.42 Å². The van der Waals surface area contributed by atoms with Crippen LogP contribution in [0.5, 0.6) is 0 Å². The van der Waals surface area contributed by atoms with Gasteiger partial charge in [0, 0.05) is 17.8 Å². The van der Waals surface area contributed by atoms with Gasteiger partial charge < -0.3 is 0 Å². The van der Waals surface area contributed by atoms with E-state index in [2.05, 4.69) is 44.1 Å². The van der Waals surface area contributed by atoms with E-state index in [0.29, 0.717) is 5.41 Å². The second kappa shape index (κ2) is 5.20. The highest BCUT2D eigenvalue weighted by atomic mass is 14.7. The normalized spacial score (nSPS) is 17.6. The van der Waals surface area contributed by atoms with Crippen LogP contribution in [0.3, 0.4) is 0 Å². The Morgan fingerprint density at radius 1 is 1.24 bits per heavy atom. The Hall–Kier alpha value is -0.850. The fourth-order valence-electron chi connectivity index (χ4n) is 2.68. The molecule has 0 amide bonds. The van der Waals surface area contributed by atoms with E-state index in [1.165, 1.54) is 43.4 Å². The van der Waals surface area contributed by atoms with Crippen LogP contribution in [0, 0.1) is 5.41 Å². The van der Waals surface area contributed by atoms with Crippen LogP contribution in [0.15, 0.2) is 18.3 Å². The minimum Gasteiger partial charge on any atom is -0.261 e. The molecule has 17 heavy (non-hydrogen) atoms. The molecule has 0 unspecified atom stereocenters. The molecule has 0 atom stereocenters. The molecule has 0 aromatic carbocycles. The average Bonchev–Trinajstić information content (AvgIpc) is 2.83. The van der Waals surface area contributed by atoms with Gasteiger partial charge in [-0.3, -0.25) is 4.98 Å². The fourth-order valence-corrected chi connectivity index (χ4v) is 2.68. The number of rotatable bonds is 4. The van der Waals surface area contributed by atoms with Gasteiger partial charge in [0.2, 0.25) is 0 Å². The number of nitrogens with zero attached hydrogens (tertiary/aromatic N) is 1. The summed E-state index contributed by atoms with van der Waals surface area (Å²) in [6, 6.07) is 4.55. The molecule has 1 saturated carbocycles. The second-order valence-corrected chi connectivity index (χ2v) is 6.27. The molecule has 1 aromatic rings. The molecule has 0 bridgehead atoms. The number of hydrogen-bond donors (Lipinski definition) is 0. The molecule has 1 heteroatoms. The highest BCUT2D eigenvalue weighted by Crippen LogP contribution is 2.33. The van der Waals surface area contributed by atoms with Gasteiger partial charge >= 0.3 is 0 Å². The van der Waals surface area contributed by atoms with E-state index in [1.807, 2.05) is 0 Å². The van der Waals surface area contributed by atoms with E-state index in [-0.39, 0.29) is 0 Å². The molecule has 1 nitrogen and oxygen atoms in total. The Morgan fingerprint density at radius 2 is 1.94 bits per heavy atom. The first-order chi connectivity index (χ1) is 8.11. The largest absolute Gasteiger partial charge is 0.261 e. The van der Waals surface area contributed by atoms with Crippen LogP contribution in [-0.4, -0.2) is 4.98 Å². The van der Waals surface area contributed by atoms with Crippen molar-refractivity contribution in [2.45, 2.75) is 65.2 Å². The number of pyridine rings is 1. The van der Waals surface area contributed by atoms with Crippen molar-refractivity contribution in [2.75, 3.05) is 0 Å². The van der Waals surface area contributed by atoms with Crippen LogP contribution >= 0.6 is 0 Å². The van der Waals surface area contributed by atoms with Crippen molar-refractivity contribution in [3.63, 3.8) is 0 Å². The molecule has 1 heterocycles. The van der Waals surface area contributed by atoms with E-state index in [0.717, 1.165) is 12.3 Å². The third-order valence-corrected chi connectivity index (χ3v) is 4.26. The van der Waals surface area contributed by atoms with Crippen LogP contribution in [0.1, 0.15) is 70.1 Å². The third kappa shape index (κ3) is 3.31. The highest BCUT2D eigenvalue weighted by molar-refractivity contribution is 5.18. The summed E-state index contributed by atoms with van der Waals surface area (Å²) < 4.78 is 0. The molecule has 94 valence electrons. The Bertz CT molecular complexity index is 344. The van der Waals surface area contributed by atoms with Gasteiger partial charge in [-0.05, 0) is 36.3 Å². The van der Waals surface area contributed by atoms with Gasteiger partial charge in [-0.2, -0.15) is 0 Å². The first-order valence-corrected chi connectivity index (χ1v) is 7.05. The monoisotopic (exact) mass is 231 g/mol. The second-order valence-electron chi connectivity index (χ2n) is 6.27. The van der Waals surface area contributed by atoms with Gasteiger partial charge in [0.25, 0.3) is 0 Å². The minimum absolute atomic E-state index is 0.399. The molecule has 0 radical (unpaired) electrons. The van der Waals surface area contributed by atoms with Crippen LogP contribution < -0.4 is 0 Å². The van der Waals surface area contributed by atoms with Gasteiger partial charge in [-0.25, -0.2) is 0 Å². The average molecular weight is 231 g/mol. The van der Waals surface area contributed by atoms with Gasteiger partial charge in [0.05, 0.1) is 0 Å². The zero-order valence-electron chi connectivity index (χ0n) is 11.5. The van der Waals surface area contributed by atoms with Gasteiger partial charge in [-0.1, -0.05) is 46.1 Å². The van der Waals surface area contributed by atoms with Crippen LogP contribution in [0.25, 0.3) is 0 Å². The maximum absolute atomic E-state index is 4.68. The van der Waals surface area contributed by atoms with Crippen molar-refractivity contribution in [2.24, 2.45) is 5.41 Å². The zero-order chi connectivity index (χ0) is 12.3. The lowest BCUT2D eigenvalue weighted by Gasteiger charge is -2.22. The van der Waals surface area contributed by atoms with Gasteiger partial charge in [0.1, 0.15) is 0 Å². The molecule has 1 fully saturated rings. The summed E-state index contributed by atoms with van der Waals surface area (Å²) in [4.78, 5) is 4.68. The molecule has 0 saturated heterocycles. The number of aromatic nitrogens is 1. The molecule has 0 aliphatic heterocycles. The fraction of sp³-hybridized carbons (Fsp3) is 0.688. The first-order valence-electron chi connectivity index (χ1n) is 7.05. The minimum atomic E-state index is 0.399. The van der Waals surface area contributed by atoms with E-state index in [9.17, 15) is 0 Å². The Morgan fingerprint density at radius 3 is 2.47 bits per heavy atom. The quantitative estimate of drug-likeness (QED) is 0.730. The smallest absolute Gasteiger partial charge is 0.0434 e. The summed E-state index contributed by atoms with van der Waals surface area (Å²) in [5.41, 5.74) is 3.11. The summed E-state index contributed by atoms with van der Waals surface area (Å²) >= 11 is 0. The lowest BCUT2D eigenvalue weighted by atomic mass is 9.84. The molecule has 1 aliphatic rings. The van der Waals surface area contributed by atoms with Crippen molar-refractivity contribution in [1.29, 1.82) is 0 Å². The Balaban J connectivity index is 2.02. The zero-order valence-corrected chi connectivity index (χ0v) is 11.5. The molecule has 1 aromatic heterocycles. The summed E-state index contributed by atoms with van der Waals surface area (Å²) in [6.45, 7) is 6.93.